The smallest absolute Gasteiger partial charge is 0.339 e. The SMILES string of the molecule is CNC(=O)N(O)C(C)c1ccc(F)cc1F. The van der Waals surface area contributed by atoms with Crippen molar-refractivity contribution in [2.45, 2.75) is 13.0 Å². The Bertz CT molecular complexity index is 398. The summed E-state index contributed by atoms with van der Waals surface area (Å²) in [6.07, 6.45) is 0. The number of nitrogens with zero attached hydrogens (tertiary/aromatic N) is 1. The molecule has 1 atom stereocenters. The molecule has 0 aliphatic heterocycles. The molecule has 0 heterocycles. The molecule has 0 aliphatic carbocycles. The summed E-state index contributed by atoms with van der Waals surface area (Å²) in [5.41, 5.74) is 0.0347. The van der Waals surface area contributed by atoms with Crippen molar-refractivity contribution in [3.05, 3.63) is 35.4 Å². The second-order valence-electron chi connectivity index (χ2n) is 3.24. The van der Waals surface area contributed by atoms with Gasteiger partial charge in [-0.3, -0.25) is 5.21 Å². The first kappa shape index (κ1) is 12.4. The predicted molar refractivity (Wildman–Crippen MR) is 52.9 cm³/mol. The number of urea groups is 1. The van der Waals surface area contributed by atoms with E-state index in [1.807, 2.05) is 0 Å². The molecule has 0 radical (unpaired) electrons. The van der Waals surface area contributed by atoms with Gasteiger partial charge in [0.15, 0.2) is 0 Å². The van der Waals surface area contributed by atoms with Crippen LogP contribution in [0.3, 0.4) is 0 Å². The summed E-state index contributed by atoms with van der Waals surface area (Å²) < 4.78 is 26.0. The average Bonchev–Trinajstić information content (AvgIpc) is 2.26. The lowest BCUT2D eigenvalue weighted by Gasteiger charge is -2.22. The number of hydrogen-bond donors (Lipinski definition) is 2. The second-order valence-corrected chi connectivity index (χ2v) is 3.24. The third kappa shape index (κ3) is 2.46. The lowest BCUT2D eigenvalue weighted by Crippen LogP contribution is -2.37. The van der Waals surface area contributed by atoms with E-state index in [9.17, 15) is 18.8 Å². The topological polar surface area (TPSA) is 52.6 Å². The second kappa shape index (κ2) is 4.89. The van der Waals surface area contributed by atoms with Crippen LogP contribution in [0.25, 0.3) is 0 Å². The van der Waals surface area contributed by atoms with Gasteiger partial charge in [-0.2, -0.15) is 5.06 Å². The van der Waals surface area contributed by atoms with Gasteiger partial charge in [0.25, 0.3) is 0 Å². The molecule has 1 aromatic rings. The number of carbonyl (C=O) groups excluding carboxylic acids is 1. The zero-order valence-corrected chi connectivity index (χ0v) is 8.87. The van der Waals surface area contributed by atoms with Crippen LogP contribution < -0.4 is 5.32 Å². The largest absolute Gasteiger partial charge is 0.341 e. The molecule has 1 rings (SSSR count). The predicted octanol–water partition coefficient (Wildman–Crippen LogP) is 2.06. The van der Waals surface area contributed by atoms with Crippen LogP contribution in [-0.4, -0.2) is 23.3 Å². The minimum atomic E-state index is -0.902. The van der Waals surface area contributed by atoms with Crippen LogP contribution in [0.5, 0.6) is 0 Å². The number of carbonyl (C=O) groups is 1. The molecule has 1 aromatic carbocycles. The summed E-state index contributed by atoms with van der Waals surface area (Å²) in [6, 6.07) is 1.27. The highest BCUT2D eigenvalue weighted by Gasteiger charge is 2.21. The van der Waals surface area contributed by atoms with Gasteiger partial charge in [-0.1, -0.05) is 6.07 Å². The molecular formula is C10H12F2N2O2. The summed E-state index contributed by atoms with van der Waals surface area (Å²) in [4.78, 5) is 11.1. The molecule has 0 saturated heterocycles. The van der Waals surface area contributed by atoms with Crippen LogP contribution in [0.2, 0.25) is 0 Å². The van der Waals surface area contributed by atoms with Gasteiger partial charge < -0.3 is 5.32 Å². The van der Waals surface area contributed by atoms with Crippen molar-refractivity contribution in [3.63, 3.8) is 0 Å². The van der Waals surface area contributed by atoms with E-state index in [0.29, 0.717) is 11.1 Å². The van der Waals surface area contributed by atoms with Gasteiger partial charge in [0.05, 0.1) is 6.04 Å². The monoisotopic (exact) mass is 230 g/mol. The van der Waals surface area contributed by atoms with E-state index in [-0.39, 0.29) is 5.56 Å². The first-order valence-corrected chi connectivity index (χ1v) is 4.62. The molecule has 0 aliphatic rings. The highest BCUT2D eigenvalue weighted by molar-refractivity contribution is 5.72. The van der Waals surface area contributed by atoms with E-state index in [4.69, 9.17) is 0 Å². The molecule has 4 nitrogen and oxygen atoms in total. The first-order valence-electron chi connectivity index (χ1n) is 4.62. The van der Waals surface area contributed by atoms with E-state index >= 15 is 0 Å². The molecular weight excluding hydrogens is 218 g/mol. The quantitative estimate of drug-likeness (QED) is 0.603. The van der Waals surface area contributed by atoms with E-state index < -0.39 is 23.7 Å². The van der Waals surface area contributed by atoms with Gasteiger partial charge >= 0.3 is 6.03 Å². The van der Waals surface area contributed by atoms with E-state index in [0.717, 1.165) is 6.07 Å². The Hall–Kier alpha value is -1.69. The molecule has 16 heavy (non-hydrogen) atoms. The zero-order valence-electron chi connectivity index (χ0n) is 8.87. The number of hydroxylamine groups is 2. The number of benzene rings is 1. The average molecular weight is 230 g/mol. The summed E-state index contributed by atoms with van der Waals surface area (Å²) in [6.45, 7) is 1.42. The Kier molecular flexibility index (Phi) is 3.78. The van der Waals surface area contributed by atoms with Gasteiger partial charge in [-0.25, -0.2) is 13.6 Å². The lowest BCUT2D eigenvalue weighted by atomic mass is 10.1. The molecule has 88 valence electrons. The van der Waals surface area contributed by atoms with Crippen molar-refractivity contribution in [1.29, 1.82) is 0 Å². The standard InChI is InChI=1S/C10H12F2N2O2/c1-6(14(16)10(15)13-2)8-4-3-7(11)5-9(8)12/h3-6,16H,1-2H3,(H,13,15). The Labute approximate surface area is 91.4 Å². The van der Waals surface area contributed by atoms with Crippen molar-refractivity contribution in [2.75, 3.05) is 7.05 Å². The van der Waals surface area contributed by atoms with Crippen LogP contribution in [0.4, 0.5) is 13.6 Å². The van der Waals surface area contributed by atoms with Crippen LogP contribution in [0.1, 0.15) is 18.5 Å². The first-order chi connectivity index (χ1) is 7.47. The molecule has 1 unspecified atom stereocenters. The van der Waals surface area contributed by atoms with E-state index in [1.165, 1.54) is 20.0 Å². The number of rotatable bonds is 2. The lowest BCUT2D eigenvalue weighted by molar-refractivity contribution is -0.0746. The highest BCUT2D eigenvalue weighted by Crippen LogP contribution is 2.22. The molecule has 0 bridgehead atoms. The Balaban J connectivity index is 2.96. The maximum absolute atomic E-state index is 13.3. The number of nitrogens with one attached hydrogen (secondary N) is 1. The van der Waals surface area contributed by atoms with Gasteiger partial charge in [0.1, 0.15) is 11.6 Å². The molecule has 6 heteroatoms. The van der Waals surface area contributed by atoms with Crippen molar-refractivity contribution in [1.82, 2.24) is 10.4 Å². The van der Waals surface area contributed by atoms with Gasteiger partial charge in [-0.05, 0) is 13.0 Å². The fraction of sp³-hybridized carbons (Fsp3) is 0.300. The zero-order chi connectivity index (χ0) is 12.3. The number of hydrogen-bond acceptors (Lipinski definition) is 2. The Morgan fingerprint density at radius 2 is 2.12 bits per heavy atom. The maximum atomic E-state index is 13.3. The van der Waals surface area contributed by atoms with E-state index in [1.54, 1.807) is 0 Å². The fourth-order valence-corrected chi connectivity index (χ4v) is 1.26. The fourth-order valence-electron chi connectivity index (χ4n) is 1.26. The Morgan fingerprint density at radius 1 is 1.50 bits per heavy atom. The van der Waals surface area contributed by atoms with Crippen LogP contribution in [0.15, 0.2) is 18.2 Å². The molecule has 0 aromatic heterocycles. The molecule has 2 N–H and O–H groups in total. The Morgan fingerprint density at radius 3 is 2.62 bits per heavy atom. The molecule has 0 spiro atoms. The number of halogens is 2. The third-order valence-corrected chi connectivity index (χ3v) is 2.20. The van der Waals surface area contributed by atoms with Gasteiger partial charge in [0.2, 0.25) is 0 Å². The van der Waals surface area contributed by atoms with Crippen LogP contribution in [0, 0.1) is 11.6 Å². The normalized spacial score (nSPS) is 12.1. The minimum absolute atomic E-state index is 0.0347. The summed E-state index contributed by atoms with van der Waals surface area (Å²) in [5, 5.41) is 11.9. The summed E-state index contributed by atoms with van der Waals surface area (Å²) in [5.74, 6) is -1.52. The van der Waals surface area contributed by atoms with Crippen molar-refractivity contribution in [3.8, 4) is 0 Å². The summed E-state index contributed by atoms with van der Waals surface area (Å²) >= 11 is 0. The van der Waals surface area contributed by atoms with Crippen molar-refractivity contribution >= 4 is 6.03 Å². The summed E-state index contributed by atoms with van der Waals surface area (Å²) in [7, 11) is 1.33. The minimum Gasteiger partial charge on any atom is -0.339 e. The van der Waals surface area contributed by atoms with E-state index in [2.05, 4.69) is 5.32 Å². The van der Waals surface area contributed by atoms with Crippen LogP contribution >= 0.6 is 0 Å². The maximum Gasteiger partial charge on any atom is 0.341 e. The molecule has 0 fully saturated rings. The van der Waals surface area contributed by atoms with Gasteiger partial charge in [0, 0.05) is 18.7 Å². The van der Waals surface area contributed by atoms with Crippen molar-refractivity contribution in [2.24, 2.45) is 0 Å². The number of amides is 2. The molecule has 2 amide bonds. The van der Waals surface area contributed by atoms with Crippen LogP contribution in [-0.2, 0) is 0 Å². The van der Waals surface area contributed by atoms with Gasteiger partial charge in [-0.15, -0.1) is 0 Å². The van der Waals surface area contributed by atoms with Crippen molar-refractivity contribution < 1.29 is 18.8 Å². The molecule has 0 saturated carbocycles. The third-order valence-electron chi connectivity index (χ3n) is 2.20. The highest BCUT2D eigenvalue weighted by atomic mass is 19.1.